The van der Waals surface area contributed by atoms with E-state index < -0.39 is 16.4 Å². The highest BCUT2D eigenvalue weighted by Gasteiger charge is 2.20. The predicted octanol–water partition coefficient (Wildman–Crippen LogP) is 1.18. The number of ether oxygens (including phenoxy) is 2. The van der Waals surface area contributed by atoms with Crippen LogP contribution in [0.3, 0.4) is 0 Å². The molecule has 1 fully saturated rings. The van der Waals surface area contributed by atoms with Gasteiger partial charge in [-0.2, -0.15) is 0 Å². The third kappa shape index (κ3) is 4.75. The third-order valence-corrected chi connectivity index (χ3v) is 6.04. The van der Waals surface area contributed by atoms with Gasteiger partial charge in [-0.25, -0.2) is 23.4 Å². The Morgan fingerprint density at radius 2 is 1.89 bits per heavy atom. The molecule has 0 amide bonds. The van der Waals surface area contributed by atoms with E-state index in [-0.39, 0.29) is 16.9 Å². The molecule has 0 saturated carbocycles. The van der Waals surface area contributed by atoms with Crippen LogP contribution in [0.5, 0.6) is 17.5 Å². The van der Waals surface area contributed by atoms with E-state index >= 15 is 0 Å². The standard InChI is InChI=1S/C18H24N4O5S/c1-12-17(26-14-5-7-19-8-6-14)20-11-21-18(12)27-15-3-4-16(22-13(15)2)28(24,25)10-9-23/h3-4,11,14,19,23H,5-10H2,1-2H3. The zero-order chi connectivity index (χ0) is 20.1. The Balaban J connectivity index is 1.79. The second-order valence-corrected chi connectivity index (χ2v) is 8.61. The maximum absolute atomic E-state index is 12.0. The molecule has 0 atom stereocenters. The van der Waals surface area contributed by atoms with Crippen LogP contribution in [0.25, 0.3) is 0 Å². The zero-order valence-corrected chi connectivity index (χ0v) is 16.7. The number of pyridine rings is 1. The van der Waals surface area contributed by atoms with E-state index in [0.29, 0.717) is 28.8 Å². The van der Waals surface area contributed by atoms with Gasteiger partial charge in [-0.15, -0.1) is 0 Å². The lowest BCUT2D eigenvalue weighted by Gasteiger charge is -2.24. The molecule has 152 valence electrons. The molecule has 0 aliphatic carbocycles. The first kappa shape index (κ1) is 20.4. The van der Waals surface area contributed by atoms with Crippen molar-refractivity contribution in [1.82, 2.24) is 20.3 Å². The molecule has 28 heavy (non-hydrogen) atoms. The molecule has 3 heterocycles. The molecule has 2 N–H and O–H groups in total. The molecule has 1 saturated heterocycles. The number of nitrogens with zero attached hydrogens (tertiary/aromatic N) is 3. The first-order valence-corrected chi connectivity index (χ1v) is 10.7. The number of sulfone groups is 1. The Morgan fingerprint density at radius 1 is 1.18 bits per heavy atom. The fourth-order valence-electron chi connectivity index (χ4n) is 2.85. The summed E-state index contributed by atoms with van der Waals surface area (Å²) in [5, 5.41) is 12.1. The van der Waals surface area contributed by atoms with Gasteiger partial charge in [-0.05, 0) is 51.9 Å². The summed E-state index contributed by atoms with van der Waals surface area (Å²) in [4.78, 5) is 12.5. The van der Waals surface area contributed by atoms with Crippen LogP contribution in [0.4, 0.5) is 0 Å². The lowest BCUT2D eigenvalue weighted by atomic mass is 10.1. The summed E-state index contributed by atoms with van der Waals surface area (Å²) in [5.74, 6) is 0.819. The highest BCUT2D eigenvalue weighted by atomic mass is 32.2. The number of nitrogens with one attached hydrogen (secondary N) is 1. The number of hydrogen-bond acceptors (Lipinski definition) is 9. The van der Waals surface area contributed by atoms with Gasteiger partial charge in [0.15, 0.2) is 20.6 Å². The van der Waals surface area contributed by atoms with Crippen molar-refractivity contribution in [2.75, 3.05) is 25.4 Å². The van der Waals surface area contributed by atoms with Crippen LogP contribution >= 0.6 is 0 Å². The molecular formula is C18H24N4O5S. The molecular weight excluding hydrogens is 384 g/mol. The summed E-state index contributed by atoms with van der Waals surface area (Å²) in [6.45, 7) is 4.83. The van der Waals surface area contributed by atoms with Crippen molar-refractivity contribution in [3.8, 4) is 17.5 Å². The average Bonchev–Trinajstić information content (AvgIpc) is 2.67. The van der Waals surface area contributed by atoms with E-state index in [1.165, 1.54) is 18.5 Å². The minimum absolute atomic E-state index is 0.0965. The molecule has 2 aromatic heterocycles. The van der Waals surface area contributed by atoms with Gasteiger partial charge >= 0.3 is 0 Å². The van der Waals surface area contributed by atoms with E-state index in [4.69, 9.17) is 14.6 Å². The molecule has 9 nitrogen and oxygen atoms in total. The molecule has 3 rings (SSSR count). The number of aliphatic hydroxyl groups is 1. The molecule has 0 bridgehead atoms. The minimum Gasteiger partial charge on any atom is -0.474 e. The summed E-state index contributed by atoms with van der Waals surface area (Å²) in [7, 11) is -3.62. The summed E-state index contributed by atoms with van der Waals surface area (Å²) in [6.07, 6.45) is 3.29. The molecule has 0 radical (unpaired) electrons. The van der Waals surface area contributed by atoms with Gasteiger partial charge in [0, 0.05) is 0 Å². The summed E-state index contributed by atoms with van der Waals surface area (Å²) in [5.41, 5.74) is 1.07. The van der Waals surface area contributed by atoms with E-state index in [1.54, 1.807) is 6.92 Å². The number of piperidine rings is 1. The van der Waals surface area contributed by atoms with Gasteiger partial charge in [-0.1, -0.05) is 0 Å². The van der Waals surface area contributed by atoms with Gasteiger partial charge in [0.05, 0.1) is 23.6 Å². The van der Waals surface area contributed by atoms with Crippen LogP contribution in [-0.2, 0) is 9.84 Å². The lowest BCUT2D eigenvalue weighted by Crippen LogP contribution is -2.34. The highest BCUT2D eigenvalue weighted by molar-refractivity contribution is 7.91. The maximum Gasteiger partial charge on any atom is 0.229 e. The van der Waals surface area contributed by atoms with Crippen molar-refractivity contribution in [1.29, 1.82) is 0 Å². The SMILES string of the molecule is Cc1nc(S(=O)(=O)CCO)ccc1Oc1ncnc(OC2CCNCC2)c1C. The number of rotatable bonds is 7. The number of aryl methyl sites for hydroxylation is 1. The van der Waals surface area contributed by atoms with Crippen molar-refractivity contribution in [3.63, 3.8) is 0 Å². The topological polar surface area (TPSA) is 124 Å². The zero-order valence-electron chi connectivity index (χ0n) is 15.9. The van der Waals surface area contributed by atoms with E-state index in [9.17, 15) is 8.42 Å². The van der Waals surface area contributed by atoms with Crippen LogP contribution in [0.2, 0.25) is 0 Å². The average molecular weight is 408 g/mol. The monoisotopic (exact) mass is 408 g/mol. The Hall–Kier alpha value is -2.30. The first-order valence-electron chi connectivity index (χ1n) is 9.09. The van der Waals surface area contributed by atoms with Gasteiger partial charge < -0.3 is 19.9 Å². The Labute approximate surface area is 164 Å². The fraction of sp³-hybridized carbons (Fsp3) is 0.500. The third-order valence-electron chi connectivity index (χ3n) is 4.45. The number of aliphatic hydroxyl groups excluding tert-OH is 1. The number of hydrogen-bond donors (Lipinski definition) is 2. The quantitative estimate of drug-likeness (QED) is 0.695. The molecule has 0 spiro atoms. The van der Waals surface area contributed by atoms with Crippen molar-refractivity contribution in [3.05, 3.63) is 29.7 Å². The van der Waals surface area contributed by atoms with Crippen LogP contribution in [0.15, 0.2) is 23.5 Å². The highest BCUT2D eigenvalue weighted by Crippen LogP contribution is 2.30. The summed E-state index contributed by atoms with van der Waals surface area (Å²) in [6, 6.07) is 2.89. The smallest absolute Gasteiger partial charge is 0.229 e. The molecule has 0 aromatic carbocycles. The van der Waals surface area contributed by atoms with Gasteiger partial charge in [0.25, 0.3) is 0 Å². The second-order valence-electron chi connectivity index (χ2n) is 6.55. The molecule has 2 aromatic rings. The fourth-order valence-corrected chi connectivity index (χ4v) is 3.85. The summed E-state index contributed by atoms with van der Waals surface area (Å²) < 4.78 is 35.9. The predicted molar refractivity (Wildman–Crippen MR) is 101 cm³/mol. The first-order chi connectivity index (χ1) is 13.4. The van der Waals surface area contributed by atoms with Crippen molar-refractivity contribution >= 4 is 9.84 Å². The normalized spacial score (nSPS) is 15.4. The minimum atomic E-state index is -3.62. The van der Waals surface area contributed by atoms with Crippen LogP contribution in [-0.4, -0.2) is 60.0 Å². The maximum atomic E-state index is 12.0. The van der Waals surface area contributed by atoms with E-state index in [1.807, 2.05) is 6.92 Å². The Morgan fingerprint density at radius 3 is 2.57 bits per heavy atom. The van der Waals surface area contributed by atoms with Gasteiger partial charge in [0.1, 0.15) is 12.4 Å². The van der Waals surface area contributed by atoms with E-state index in [0.717, 1.165) is 25.9 Å². The Kier molecular flexibility index (Phi) is 6.42. The Bertz CT molecular complexity index is 930. The molecule has 10 heteroatoms. The second kappa shape index (κ2) is 8.80. The van der Waals surface area contributed by atoms with Gasteiger partial charge in [-0.3, -0.25) is 0 Å². The summed E-state index contributed by atoms with van der Waals surface area (Å²) >= 11 is 0. The number of aromatic nitrogens is 3. The van der Waals surface area contributed by atoms with Crippen LogP contribution < -0.4 is 14.8 Å². The molecule has 1 aliphatic heterocycles. The van der Waals surface area contributed by atoms with Crippen molar-refractivity contribution in [2.45, 2.75) is 37.8 Å². The van der Waals surface area contributed by atoms with Crippen molar-refractivity contribution in [2.24, 2.45) is 0 Å². The van der Waals surface area contributed by atoms with Crippen LogP contribution in [0, 0.1) is 13.8 Å². The molecule has 0 unspecified atom stereocenters. The lowest BCUT2D eigenvalue weighted by molar-refractivity contribution is 0.154. The largest absolute Gasteiger partial charge is 0.474 e. The van der Waals surface area contributed by atoms with Gasteiger partial charge in [0.2, 0.25) is 11.8 Å². The van der Waals surface area contributed by atoms with E-state index in [2.05, 4.69) is 20.3 Å². The molecule has 1 aliphatic rings. The van der Waals surface area contributed by atoms with Crippen molar-refractivity contribution < 1.29 is 23.0 Å². The van der Waals surface area contributed by atoms with Crippen LogP contribution in [0.1, 0.15) is 24.1 Å².